The molecule has 0 atom stereocenters. The fourth-order valence-electron chi connectivity index (χ4n) is 1.46. The summed E-state index contributed by atoms with van der Waals surface area (Å²) < 4.78 is 5.28. The first-order valence-electron chi connectivity index (χ1n) is 4.47. The Labute approximate surface area is 85.6 Å². The van der Waals surface area contributed by atoms with Gasteiger partial charge in [-0.1, -0.05) is 18.2 Å². The number of para-hydroxylation sites is 1. The molecule has 3 aromatic rings. The standard InChI is InChI=1S/C11H6N3O/c1-2-4-10-8(3-1)9(5-15-10)11-13-6-12-7-14-11/h1-4,6-7H. The van der Waals surface area contributed by atoms with E-state index in [1.807, 2.05) is 24.3 Å². The Morgan fingerprint density at radius 3 is 2.73 bits per heavy atom. The number of hydrogen-bond acceptors (Lipinski definition) is 4. The van der Waals surface area contributed by atoms with Crippen molar-refractivity contribution in [3.63, 3.8) is 0 Å². The van der Waals surface area contributed by atoms with Crippen LogP contribution in [0.3, 0.4) is 0 Å². The van der Waals surface area contributed by atoms with Gasteiger partial charge in [0.05, 0.1) is 5.56 Å². The molecule has 0 aliphatic heterocycles. The lowest BCUT2D eigenvalue weighted by atomic mass is 10.2. The van der Waals surface area contributed by atoms with E-state index in [9.17, 15) is 0 Å². The number of hydrogen-bond donors (Lipinski definition) is 0. The lowest BCUT2D eigenvalue weighted by molar-refractivity contribution is 0.606. The summed E-state index contributed by atoms with van der Waals surface area (Å²) in [7, 11) is 0. The molecule has 0 saturated carbocycles. The van der Waals surface area contributed by atoms with Gasteiger partial charge in [-0.05, 0) is 6.07 Å². The molecule has 2 aromatic heterocycles. The predicted octanol–water partition coefficient (Wildman–Crippen LogP) is 2.08. The zero-order valence-electron chi connectivity index (χ0n) is 7.71. The van der Waals surface area contributed by atoms with Gasteiger partial charge in [0.15, 0.2) is 12.1 Å². The maximum atomic E-state index is 5.28. The van der Waals surface area contributed by atoms with Crippen LogP contribution in [0.1, 0.15) is 0 Å². The second-order valence-electron chi connectivity index (χ2n) is 3.04. The molecule has 15 heavy (non-hydrogen) atoms. The lowest BCUT2D eigenvalue weighted by Crippen LogP contribution is -1.87. The first kappa shape index (κ1) is 8.11. The summed E-state index contributed by atoms with van der Waals surface area (Å²) in [5.41, 5.74) is 1.56. The van der Waals surface area contributed by atoms with Crippen molar-refractivity contribution in [1.29, 1.82) is 0 Å². The highest BCUT2D eigenvalue weighted by Gasteiger charge is 2.09. The molecule has 0 spiro atoms. The zero-order valence-corrected chi connectivity index (χ0v) is 7.71. The summed E-state index contributed by atoms with van der Waals surface area (Å²) in [4.78, 5) is 11.9. The van der Waals surface area contributed by atoms with Gasteiger partial charge in [-0.15, -0.1) is 0 Å². The number of aromatic nitrogens is 3. The van der Waals surface area contributed by atoms with Crippen LogP contribution in [-0.2, 0) is 0 Å². The Balaban J connectivity index is 2.28. The summed E-state index contributed by atoms with van der Waals surface area (Å²) in [5.74, 6) is 0.579. The van der Waals surface area contributed by atoms with E-state index in [-0.39, 0.29) is 0 Å². The van der Waals surface area contributed by atoms with E-state index in [2.05, 4.69) is 21.2 Å². The molecule has 0 fully saturated rings. The fraction of sp³-hybridized carbons (Fsp3) is 0. The van der Waals surface area contributed by atoms with Gasteiger partial charge in [0.25, 0.3) is 0 Å². The van der Waals surface area contributed by atoms with Gasteiger partial charge in [0, 0.05) is 5.39 Å². The third-order valence-corrected chi connectivity index (χ3v) is 2.14. The molecule has 0 aliphatic carbocycles. The van der Waals surface area contributed by atoms with Crippen molar-refractivity contribution in [1.82, 2.24) is 15.0 Å². The van der Waals surface area contributed by atoms with Crippen molar-refractivity contribution in [2.75, 3.05) is 0 Å². The number of benzene rings is 1. The highest BCUT2D eigenvalue weighted by atomic mass is 16.3. The highest BCUT2D eigenvalue weighted by molar-refractivity contribution is 5.91. The molecule has 0 bridgehead atoms. The molecular formula is C11H6N3O. The molecule has 2 heterocycles. The average molecular weight is 196 g/mol. The second kappa shape index (κ2) is 3.16. The van der Waals surface area contributed by atoms with Crippen LogP contribution >= 0.6 is 0 Å². The SMILES string of the molecule is [c]1oc2ccccc2c1-c1ncncn1. The maximum Gasteiger partial charge on any atom is 0.182 e. The van der Waals surface area contributed by atoms with Crippen LogP contribution in [0.25, 0.3) is 22.4 Å². The summed E-state index contributed by atoms with van der Waals surface area (Å²) in [6, 6.07) is 7.69. The lowest BCUT2D eigenvalue weighted by Gasteiger charge is -1.93. The molecule has 0 aliphatic rings. The monoisotopic (exact) mass is 196 g/mol. The van der Waals surface area contributed by atoms with E-state index in [0.717, 1.165) is 16.5 Å². The van der Waals surface area contributed by atoms with E-state index in [1.54, 1.807) is 0 Å². The second-order valence-corrected chi connectivity index (χ2v) is 3.04. The van der Waals surface area contributed by atoms with Crippen molar-refractivity contribution in [2.24, 2.45) is 0 Å². The molecule has 0 N–H and O–H groups in total. The molecule has 71 valence electrons. The third-order valence-electron chi connectivity index (χ3n) is 2.14. The van der Waals surface area contributed by atoms with E-state index in [0.29, 0.717) is 5.82 Å². The molecule has 0 amide bonds. The minimum Gasteiger partial charge on any atom is -0.452 e. The summed E-state index contributed by atoms with van der Waals surface area (Å²) in [5, 5.41) is 0.962. The van der Waals surface area contributed by atoms with E-state index < -0.39 is 0 Å². The van der Waals surface area contributed by atoms with Gasteiger partial charge in [-0.2, -0.15) is 0 Å². The third kappa shape index (κ3) is 1.27. The van der Waals surface area contributed by atoms with Gasteiger partial charge in [0.1, 0.15) is 18.2 Å². The van der Waals surface area contributed by atoms with Gasteiger partial charge < -0.3 is 4.42 Å². The summed E-state index contributed by atoms with van der Waals surface area (Å²) in [6.45, 7) is 0. The van der Waals surface area contributed by atoms with Crippen LogP contribution in [0.5, 0.6) is 0 Å². The molecule has 1 radical (unpaired) electrons. The van der Waals surface area contributed by atoms with Gasteiger partial charge in [-0.3, -0.25) is 0 Å². The number of furan rings is 1. The Kier molecular flexibility index (Phi) is 1.71. The van der Waals surface area contributed by atoms with Crippen LogP contribution in [0, 0.1) is 6.26 Å². The minimum atomic E-state index is 0.579. The van der Waals surface area contributed by atoms with E-state index in [4.69, 9.17) is 4.42 Å². The molecule has 4 heteroatoms. The topological polar surface area (TPSA) is 51.8 Å². The fourth-order valence-corrected chi connectivity index (χ4v) is 1.46. The van der Waals surface area contributed by atoms with Gasteiger partial charge in [0.2, 0.25) is 0 Å². The smallest absolute Gasteiger partial charge is 0.182 e. The van der Waals surface area contributed by atoms with Crippen LogP contribution < -0.4 is 0 Å². The molecule has 0 unspecified atom stereocenters. The quantitative estimate of drug-likeness (QED) is 0.598. The highest BCUT2D eigenvalue weighted by Crippen LogP contribution is 2.26. The zero-order chi connectivity index (χ0) is 10.1. The Bertz CT molecular complexity index is 589. The molecule has 0 saturated heterocycles. The molecule has 4 nitrogen and oxygen atoms in total. The molecule has 1 aromatic carbocycles. The van der Waals surface area contributed by atoms with Crippen LogP contribution in [-0.4, -0.2) is 15.0 Å². The van der Waals surface area contributed by atoms with Crippen LogP contribution in [0.15, 0.2) is 41.3 Å². The van der Waals surface area contributed by atoms with E-state index >= 15 is 0 Å². The Morgan fingerprint density at radius 1 is 1.07 bits per heavy atom. The predicted molar refractivity (Wildman–Crippen MR) is 53.9 cm³/mol. The maximum absolute atomic E-state index is 5.28. The van der Waals surface area contributed by atoms with Crippen molar-refractivity contribution in [3.8, 4) is 11.4 Å². The van der Waals surface area contributed by atoms with Crippen molar-refractivity contribution < 1.29 is 4.42 Å². The van der Waals surface area contributed by atoms with E-state index in [1.165, 1.54) is 12.7 Å². The minimum absolute atomic E-state index is 0.579. The van der Waals surface area contributed by atoms with Gasteiger partial charge >= 0.3 is 0 Å². The molecule has 3 rings (SSSR count). The largest absolute Gasteiger partial charge is 0.452 e. The molecular weight excluding hydrogens is 190 g/mol. The Hall–Kier alpha value is -2.23. The number of rotatable bonds is 1. The van der Waals surface area contributed by atoms with Crippen LogP contribution in [0.4, 0.5) is 0 Å². The number of nitrogens with zero attached hydrogens (tertiary/aromatic N) is 3. The van der Waals surface area contributed by atoms with Gasteiger partial charge in [-0.25, -0.2) is 15.0 Å². The normalized spacial score (nSPS) is 10.7. The Morgan fingerprint density at radius 2 is 1.87 bits per heavy atom. The van der Waals surface area contributed by atoms with Crippen molar-refractivity contribution >= 4 is 11.0 Å². The average Bonchev–Trinajstić information content (AvgIpc) is 2.74. The summed E-state index contributed by atoms with van der Waals surface area (Å²) in [6.07, 6.45) is 5.71. The first-order chi connectivity index (χ1) is 7.45. The van der Waals surface area contributed by atoms with Crippen molar-refractivity contribution in [2.45, 2.75) is 0 Å². The summed E-state index contributed by atoms with van der Waals surface area (Å²) >= 11 is 0. The van der Waals surface area contributed by atoms with Crippen LogP contribution in [0.2, 0.25) is 0 Å². The number of fused-ring (bicyclic) bond motifs is 1. The van der Waals surface area contributed by atoms with Crippen molar-refractivity contribution in [3.05, 3.63) is 43.2 Å². The first-order valence-corrected chi connectivity index (χ1v) is 4.47.